The summed E-state index contributed by atoms with van der Waals surface area (Å²) in [6, 6.07) is 2.73. The van der Waals surface area contributed by atoms with Crippen molar-refractivity contribution in [1.82, 2.24) is 0 Å². The molecule has 1 heterocycles. The summed E-state index contributed by atoms with van der Waals surface area (Å²) in [4.78, 5) is 16.1. The van der Waals surface area contributed by atoms with Crippen LogP contribution in [-0.4, -0.2) is 30.1 Å². The highest BCUT2D eigenvalue weighted by atomic mass is 32.1. The van der Waals surface area contributed by atoms with E-state index in [0.717, 1.165) is 12.8 Å². The van der Waals surface area contributed by atoms with Gasteiger partial charge in [-0.3, -0.25) is 4.79 Å². The van der Waals surface area contributed by atoms with Gasteiger partial charge in [-0.2, -0.15) is 0 Å². The molecule has 1 unspecified atom stereocenters. The molecule has 6 nitrogen and oxygen atoms in total. The Balaban J connectivity index is 2.28. The number of ether oxygens (including phenoxy) is 1. The van der Waals surface area contributed by atoms with E-state index in [4.69, 9.17) is 16.0 Å². The van der Waals surface area contributed by atoms with Crippen LogP contribution in [0.15, 0.2) is 34.3 Å². The molecule has 23 heavy (non-hydrogen) atoms. The van der Waals surface area contributed by atoms with Gasteiger partial charge in [0, 0.05) is 16.5 Å². The zero-order valence-electron chi connectivity index (χ0n) is 13.4. The second-order valence-electron chi connectivity index (χ2n) is 5.59. The molecule has 124 valence electrons. The molecule has 0 radical (unpaired) electrons. The van der Waals surface area contributed by atoms with E-state index in [0.29, 0.717) is 16.9 Å². The van der Waals surface area contributed by atoms with Gasteiger partial charge >= 0.3 is 0 Å². The molecular weight excluding hydrogens is 312 g/mol. The molecule has 1 aliphatic carbocycles. The molecule has 3 atom stereocenters. The van der Waals surface area contributed by atoms with Gasteiger partial charge in [-0.25, -0.2) is 0 Å². The van der Waals surface area contributed by atoms with Gasteiger partial charge < -0.3 is 10.5 Å². The second kappa shape index (κ2) is 8.26. The van der Waals surface area contributed by atoms with Crippen molar-refractivity contribution in [3.05, 3.63) is 44.5 Å². The molecule has 0 bridgehead atoms. The van der Waals surface area contributed by atoms with Gasteiger partial charge in [0.15, 0.2) is 5.78 Å². The van der Waals surface area contributed by atoms with E-state index in [-0.39, 0.29) is 11.9 Å². The lowest BCUT2D eigenvalue weighted by Gasteiger charge is -2.34. The molecule has 0 aliphatic heterocycles. The van der Waals surface area contributed by atoms with Crippen LogP contribution < -0.4 is 5.73 Å². The summed E-state index contributed by atoms with van der Waals surface area (Å²) in [6.45, 7) is 4.10. The highest BCUT2D eigenvalue weighted by molar-refractivity contribution is 7.12. The number of rotatable bonds is 7. The highest BCUT2D eigenvalue weighted by Crippen LogP contribution is 2.28. The first-order valence-electron chi connectivity index (χ1n) is 7.84. The highest BCUT2D eigenvalue weighted by Gasteiger charge is 2.34. The quantitative estimate of drug-likeness (QED) is 0.355. The Morgan fingerprint density at radius 2 is 2.30 bits per heavy atom. The topological polar surface area (TPSA) is 101 Å². The number of nitrogens with two attached hydrogens (primary N) is 1. The van der Waals surface area contributed by atoms with Crippen LogP contribution in [0.25, 0.3) is 10.4 Å². The number of hydrogen-bond acceptors (Lipinski definition) is 5. The Morgan fingerprint density at radius 1 is 1.57 bits per heavy atom. The standard InChI is InChI=1S/C16H22N4O2S/c1-3-11(4-2)22-13-9-10(8-12(15(13)17)19-20-18)16(21)14-6-5-7-23-14/h5-7,9,11-13,15H,3-4,8,17H2,1-2H3/t12?,13-,15-/m1/s1. The average molecular weight is 334 g/mol. The summed E-state index contributed by atoms with van der Waals surface area (Å²) in [5, 5.41) is 5.64. The number of ketones is 1. The van der Waals surface area contributed by atoms with Gasteiger partial charge in [0.1, 0.15) is 0 Å². The first-order chi connectivity index (χ1) is 11.1. The Morgan fingerprint density at radius 3 is 2.87 bits per heavy atom. The molecule has 1 aromatic rings. The normalized spacial score (nSPS) is 24.2. The van der Waals surface area contributed by atoms with Gasteiger partial charge in [0.05, 0.1) is 23.1 Å². The summed E-state index contributed by atoms with van der Waals surface area (Å²) < 4.78 is 6.04. The smallest absolute Gasteiger partial charge is 0.198 e. The Labute approximate surface area is 140 Å². The Bertz CT molecular complexity index is 604. The molecule has 2 N–H and O–H groups in total. The third-order valence-corrected chi connectivity index (χ3v) is 4.98. The fourth-order valence-electron chi connectivity index (χ4n) is 2.71. The minimum Gasteiger partial charge on any atom is -0.369 e. The second-order valence-corrected chi connectivity index (χ2v) is 6.54. The van der Waals surface area contributed by atoms with Crippen molar-refractivity contribution in [3.63, 3.8) is 0 Å². The van der Waals surface area contributed by atoms with Gasteiger partial charge in [-0.05, 0) is 42.3 Å². The van der Waals surface area contributed by atoms with Crippen molar-refractivity contribution in [2.45, 2.75) is 57.4 Å². The summed E-state index contributed by atoms with van der Waals surface area (Å²) >= 11 is 1.40. The lowest BCUT2D eigenvalue weighted by atomic mass is 9.86. The van der Waals surface area contributed by atoms with Crippen LogP contribution in [0.5, 0.6) is 0 Å². The summed E-state index contributed by atoms with van der Waals surface area (Å²) in [7, 11) is 0. The van der Waals surface area contributed by atoms with Crippen LogP contribution >= 0.6 is 11.3 Å². The van der Waals surface area contributed by atoms with Gasteiger partial charge in [-0.15, -0.1) is 11.3 Å². The number of Topliss-reactive ketones (excluding diaryl/α,β-unsaturated/α-hetero) is 1. The maximum absolute atomic E-state index is 12.6. The van der Waals surface area contributed by atoms with E-state index in [1.807, 2.05) is 17.5 Å². The number of thiophene rings is 1. The maximum atomic E-state index is 12.6. The molecule has 0 amide bonds. The number of azide groups is 1. The maximum Gasteiger partial charge on any atom is 0.198 e. The molecule has 1 aliphatic rings. The van der Waals surface area contributed by atoms with Crippen LogP contribution in [-0.2, 0) is 4.74 Å². The summed E-state index contributed by atoms with van der Waals surface area (Å²) in [6.07, 6.45) is 3.56. The predicted octanol–water partition coefficient (Wildman–Crippen LogP) is 3.84. The van der Waals surface area contributed by atoms with E-state index in [1.54, 1.807) is 6.07 Å². The van der Waals surface area contributed by atoms with Crippen molar-refractivity contribution in [1.29, 1.82) is 0 Å². The molecule has 0 saturated carbocycles. The number of carbonyl (C=O) groups is 1. The fraction of sp³-hybridized carbons (Fsp3) is 0.562. The van der Waals surface area contributed by atoms with E-state index in [2.05, 4.69) is 23.9 Å². The molecule has 1 aromatic heterocycles. The first-order valence-corrected chi connectivity index (χ1v) is 8.72. The average Bonchev–Trinajstić information content (AvgIpc) is 3.09. The van der Waals surface area contributed by atoms with Crippen molar-refractivity contribution in [2.24, 2.45) is 10.8 Å². The summed E-state index contributed by atoms with van der Waals surface area (Å²) in [5.41, 5.74) is 15.6. The van der Waals surface area contributed by atoms with Crippen molar-refractivity contribution in [2.75, 3.05) is 0 Å². The van der Waals surface area contributed by atoms with Crippen LogP contribution in [0.2, 0.25) is 0 Å². The third-order valence-electron chi connectivity index (χ3n) is 4.12. The van der Waals surface area contributed by atoms with Crippen molar-refractivity contribution in [3.8, 4) is 0 Å². The molecular formula is C16H22N4O2S. The first kappa shape index (κ1) is 17.7. The zero-order chi connectivity index (χ0) is 16.8. The zero-order valence-corrected chi connectivity index (χ0v) is 14.2. The molecule has 2 rings (SSSR count). The predicted molar refractivity (Wildman–Crippen MR) is 91.5 cm³/mol. The minimum absolute atomic E-state index is 0.0387. The van der Waals surface area contributed by atoms with E-state index >= 15 is 0 Å². The largest absolute Gasteiger partial charge is 0.369 e. The number of carbonyl (C=O) groups excluding carboxylic acids is 1. The number of nitrogens with zero attached hydrogens (tertiary/aromatic N) is 3. The summed E-state index contributed by atoms with van der Waals surface area (Å²) in [5.74, 6) is -0.0387. The Kier molecular flexibility index (Phi) is 6.36. The van der Waals surface area contributed by atoms with Gasteiger partial charge in [0.25, 0.3) is 0 Å². The monoisotopic (exact) mass is 334 g/mol. The Hall–Kier alpha value is -1.66. The lowest BCUT2D eigenvalue weighted by Crippen LogP contribution is -2.48. The van der Waals surface area contributed by atoms with Crippen LogP contribution in [0.4, 0.5) is 0 Å². The van der Waals surface area contributed by atoms with Crippen LogP contribution in [0, 0.1) is 0 Å². The fourth-order valence-corrected chi connectivity index (χ4v) is 3.41. The van der Waals surface area contributed by atoms with E-state index in [1.165, 1.54) is 11.3 Å². The molecule has 0 saturated heterocycles. The minimum atomic E-state index is -0.469. The van der Waals surface area contributed by atoms with Crippen molar-refractivity contribution >= 4 is 17.1 Å². The van der Waals surface area contributed by atoms with E-state index < -0.39 is 18.2 Å². The van der Waals surface area contributed by atoms with Crippen LogP contribution in [0.3, 0.4) is 0 Å². The molecule has 7 heteroatoms. The van der Waals surface area contributed by atoms with Crippen molar-refractivity contribution < 1.29 is 9.53 Å². The SMILES string of the molecule is CCC(CC)O[C@@H]1C=C(C(=O)c2cccs2)CC(N=[N+]=[N-])[C@H]1N. The molecule has 0 aromatic carbocycles. The molecule has 0 fully saturated rings. The van der Waals surface area contributed by atoms with E-state index in [9.17, 15) is 4.79 Å². The van der Waals surface area contributed by atoms with Gasteiger partial charge in [0.2, 0.25) is 0 Å². The third kappa shape index (κ3) is 4.20. The van der Waals surface area contributed by atoms with Gasteiger partial charge in [-0.1, -0.05) is 25.0 Å². The van der Waals surface area contributed by atoms with Crippen LogP contribution in [0.1, 0.15) is 42.8 Å². The lowest BCUT2D eigenvalue weighted by molar-refractivity contribution is -0.00982. The molecule has 0 spiro atoms. The number of hydrogen-bond donors (Lipinski definition) is 1.